The summed E-state index contributed by atoms with van der Waals surface area (Å²) in [7, 11) is -2.02. The molecule has 0 saturated carbocycles. The number of nitrogens with one attached hydrogen (secondary N) is 2. The topological polar surface area (TPSA) is 111 Å². The summed E-state index contributed by atoms with van der Waals surface area (Å²) in [6, 6.07) is 21.9. The van der Waals surface area contributed by atoms with Crippen LogP contribution in [0.1, 0.15) is 136 Å². The van der Waals surface area contributed by atoms with E-state index < -0.39 is 8.32 Å². The number of carbonyl (C=O) groups is 1. The van der Waals surface area contributed by atoms with Crippen LogP contribution in [0.2, 0.25) is 16.6 Å². The predicted octanol–water partition coefficient (Wildman–Crippen LogP) is 11.5. The van der Waals surface area contributed by atoms with Gasteiger partial charge >= 0.3 is 6.03 Å². The molecule has 1 aliphatic carbocycles. The van der Waals surface area contributed by atoms with E-state index in [-0.39, 0.29) is 29.2 Å². The maximum Gasteiger partial charge on any atom is 0.320 e. The third-order valence-electron chi connectivity index (χ3n) is 13.3. The van der Waals surface area contributed by atoms with Crippen LogP contribution in [0.15, 0.2) is 72.9 Å². The molecule has 7 rings (SSSR count). The number of aryl methyl sites for hydroxylation is 1. The van der Waals surface area contributed by atoms with Gasteiger partial charge in [0, 0.05) is 24.6 Å². The number of amides is 2. The Morgan fingerprint density at radius 1 is 0.817 bits per heavy atom. The summed E-state index contributed by atoms with van der Waals surface area (Å²) in [6.45, 7) is 29.1. The van der Waals surface area contributed by atoms with Gasteiger partial charge in [0.25, 0.3) is 0 Å². The molecule has 2 aliphatic rings. The quantitative estimate of drug-likeness (QED) is 0.120. The number of piperidine rings is 1. The van der Waals surface area contributed by atoms with Crippen LogP contribution in [-0.2, 0) is 9.84 Å². The van der Waals surface area contributed by atoms with Gasteiger partial charge in [-0.3, -0.25) is 9.72 Å². The van der Waals surface area contributed by atoms with Crippen LogP contribution in [0, 0.1) is 12.8 Å². The molecule has 2 amide bonds. The van der Waals surface area contributed by atoms with E-state index in [1.165, 1.54) is 0 Å². The number of hydrogen-bond acceptors (Lipinski definition) is 7. The summed E-state index contributed by atoms with van der Waals surface area (Å²) in [5, 5.41) is 20.5. The second-order valence-electron chi connectivity index (χ2n) is 19.8. The van der Waals surface area contributed by atoms with Crippen LogP contribution in [0.3, 0.4) is 0 Å². The lowest BCUT2D eigenvalue weighted by Crippen LogP contribution is -2.56. The van der Waals surface area contributed by atoms with Crippen LogP contribution in [0.25, 0.3) is 11.3 Å². The molecular weight excluding hydrogens is 765 g/mol. The van der Waals surface area contributed by atoms with E-state index in [9.17, 15) is 4.79 Å². The fourth-order valence-corrected chi connectivity index (χ4v) is 15.8. The Hall–Kier alpha value is -4.68. The van der Waals surface area contributed by atoms with Crippen LogP contribution in [0.4, 0.5) is 16.6 Å². The highest BCUT2D eigenvalue weighted by molar-refractivity contribution is 6.77. The van der Waals surface area contributed by atoms with Crippen LogP contribution < -0.4 is 20.3 Å². The Bertz CT molecular complexity index is 2240. The number of carbonyl (C=O) groups excluding carboxylic acids is 1. The van der Waals surface area contributed by atoms with E-state index in [4.69, 9.17) is 14.3 Å². The van der Waals surface area contributed by atoms with Gasteiger partial charge in [-0.15, -0.1) is 10.2 Å². The maximum atomic E-state index is 13.7. The number of pyridine rings is 1. The van der Waals surface area contributed by atoms with Crippen molar-refractivity contribution in [3.63, 3.8) is 0 Å². The minimum absolute atomic E-state index is 0.173. The lowest BCUT2D eigenvalue weighted by molar-refractivity contribution is 0.0144. The van der Waals surface area contributed by atoms with E-state index in [2.05, 4.69) is 137 Å². The molecule has 2 atom stereocenters. The Morgan fingerprint density at radius 3 is 2.10 bits per heavy atom. The summed E-state index contributed by atoms with van der Waals surface area (Å²) in [5.41, 5.74) is 7.16. The Balaban J connectivity index is 1.03. The first-order chi connectivity index (χ1) is 28.4. The van der Waals surface area contributed by atoms with Gasteiger partial charge in [-0.1, -0.05) is 104 Å². The zero-order chi connectivity index (χ0) is 43.1. The van der Waals surface area contributed by atoms with Crippen molar-refractivity contribution in [2.24, 2.45) is 5.92 Å². The number of urea groups is 1. The van der Waals surface area contributed by atoms with Gasteiger partial charge in [-0.2, -0.15) is 5.10 Å². The molecule has 322 valence electrons. The molecule has 1 fully saturated rings. The Morgan fingerprint density at radius 2 is 1.47 bits per heavy atom. The van der Waals surface area contributed by atoms with Crippen molar-refractivity contribution in [2.45, 2.75) is 149 Å². The van der Waals surface area contributed by atoms with E-state index in [0.717, 1.165) is 84.2 Å². The normalized spacial score (nSPS) is 18.1. The van der Waals surface area contributed by atoms with Gasteiger partial charge in [-0.05, 0) is 104 Å². The predicted molar refractivity (Wildman–Crippen MR) is 245 cm³/mol. The molecule has 0 bridgehead atoms. The van der Waals surface area contributed by atoms with Gasteiger partial charge in [0.1, 0.15) is 17.7 Å². The van der Waals surface area contributed by atoms with E-state index in [1.54, 1.807) is 0 Å². The summed E-state index contributed by atoms with van der Waals surface area (Å²) in [5.74, 6) is 2.70. The molecule has 2 aromatic carbocycles. The van der Waals surface area contributed by atoms with Crippen molar-refractivity contribution in [1.82, 2.24) is 29.7 Å². The molecule has 0 spiro atoms. The van der Waals surface area contributed by atoms with E-state index in [0.29, 0.717) is 28.4 Å². The average Bonchev–Trinajstić information content (AvgIpc) is 3.82. The first-order valence-corrected chi connectivity index (χ1v) is 24.3. The van der Waals surface area contributed by atoms with Gasteiger partial charge in [0.15, 0.2) is 5.65 Å². The van der Waals surface area contributed by atoms with Crippen LogP contribution in [0.5, 0.6) is 5.75 Å². The lowest BCUT2D eigenvalue weighted by atomic mass is 9.83. The first-order valence-electron chi connectivity index (χ1n) is 22.2. The molecule has 12 heteroatoms. The summed E-state index contributed by atoms with van der Waals surface area (Å²) in [4.78, 5) is 16.1. The second-order valence-corrected chi connectivity index (χ2v) is 25.1. The van der Waals surface area contributed by atoms with Gasteiger partial charge < -0.3 is 19.4 Å². The van der Waals surface area contributed by atoms with Crippen molar-refractivity contribution in [2.75, 3.05) is 23.3 Å². The third kappa shape index (κ3) is 8.73. The molecule has 3 aromatic heterocycles. The van der Waals surface area contributed by atoms with E-state index >= 15 is 0 Å². The fourth-order valence-electron chi connectivity index (χ4n) is 10.0. The zero-order valence-corrected chi connectivity index (χ0v) is 39.0. The number of fused-ring (bicyclic) bond motifs is 2. The molecule has 4 heterocycles. The molecule has 60 heavy (non-hydrogen) atoms. The SMILES string of the molecule is Cc1ccc(-n2nc(C(C)(C)C)cc2NC(=O)N[C@H]2CC[C@@H](Oc3ccc4nnc(N5CCC(C(C)(C)O[Si](C(C)C)(C(C)C)C(C)C)CC5)n4c3)c3ccccc32)cc1. The highest BCUT2D eigenvalue weighted by atomic mass is 28.4. The number of aromatic nitrogens is 5. The highest BCUT2D eigenvalue weighted by Gasteiger charge is 2.50. The molecule has 0 unspecified atom stereocenters. The van der Waals surface area contributed by atoms with E-state index in [1.807, 2.05) is 53.3 Å². The minimum Gasteiger partial charge on any atom is -0.484 e. The molecular formula is C48H68N8O3Si. The first kappa shape index (κ1) is 43.4. The van der Waals surface area contributed by atoms with Crippen molar-refractivity contribution in [3.8, 4) is 11.4 Å². The number of rotatable bonds is 12. The smallest absolute Gasteiger partial charge is 0.320 e. The molecule has 5 aromatic rings. The number of nitrogens with zero attached hydrogens (tertiary/aromatic N) is 6. The second kappa shape index (κ2) is 17.0. The largest absolute Gasteiger partial charge is 0.484 e. The lowest BCUT2D eigenvalue weighted by Gasteiger charge is -2.51. The summed E-state index contributed by atoms with van der Waals surface area (Å²) < 4.78 is 18.0. The Kier molecular flexibility index (Phi) is 12.3. The number of ether oxygens (including phenoxy) is 1. The maximum absolute atomic E-state index is 13.7. The molecule has 1 saturated heterocycles. The number of anilines is 2. The summed E-state index contributed by atoms with van der Waals surface area (Å²) in [6.07, 6.45) is 5.40. The minimum atomic E-state index is -2.02. The van der Waals surface area contributed by atoms with Crippen molar-refractivity contribution < 1.29 is 14.0 Å². The number of benzene rings is 2. The summed E-state index contributed by atoms with van der Waals surface area (Å²) >= 11 is 0. The fraction of sp³-hybridized carbons (Fsp3) is 0.542. The molecule has 2 N–H and O–H groups in total. The van der Waals surface area contributed by atoms with Gasteiger partial charge in [0.2, 0.25) is 14.3 Å². The average molecular weight is 833 g/mol. The van der Waals surface area contributed by atoms with Crippen molar-refractivity contribution in [3.05, 3.63) is 95.3 Å². The standard InChI is InChI=1S/C48H68N8O3Si/c1-31(2)60(32(3)4,33(5)6)59-48(11,12)35-25-27-54(28-26-35)46-52-51-43-24-21-37(30-55(43)46)58-41-23-22-40(38-15-13-14-16-39(38)41)49-45(57)50-44-29-42(47(8,9)10)53-56(44)36-19-17-34(7)18-20-36/h13-21,24,29-33,35,40-41H,22-23,25-28H2,1-12H3,(H2,49,50,57)/t40-,41+/m0/s1. The van der Waals surface area contributed by atoms with Crippen molar-refractivity contribution in [1.29, 1.82) is 0 Å². The monoisotopic (exact) mass is 833 g/mol. The van der Waals surface area contributed by atoms with Crippen LogP contribution in [-0.4, -0.2) is 57.4 Å². The zero-order valence-electron chi connectivity index (χ0n) is 38.0. The molecule has 11 nitrogen and oxygen atoms in total. The van der Waals surface area contributed by atoms with Crippen LogP contribution >= 0.6 is 0 Å². The van der Waals surface area contributed by atoms with Gasteiger partial charge in [-0.25, -0.2) is 9.48 Å². The third-order valence-corrected chi connectivity index (χ3v) is 19.6. The highest BCUT2D eigenvalue weighted by Crippen LogP contribution is 2.47. The van der Waals surface area contributed by atoms with Crippen molar-refractivity contribution >= 4 is 31.8 Å². The Labute approximate surface area is 358 Å². The van der Waals surface area contributed by atoms with Gasteiger partial charge in [0.05, 0.1) is 29.2 Å². The molecule has 0 radical (unpaired) electrons. The number of hydrogen-bond donors (Lipinski definition) is 2. The molecule has 1 aliphatic heterocycles.